The number of halogens is 1. The van der Waals surface area contributed by atoms with Gasteiger partial charge in [0.25, 0.3) is 0 Å². The first-order chi connectivity index (χ1) is 7.68. The van der Waals surface area contributed by atoms with E-state index in [1.165, 1.54) is 5.56 Å². The molecular formula is C14H18ClNO. The van der Waals surface area contributed by atoms with Crippen LogP contribution in [0.25, 0.3) is 0 Å². The summed E-state index contributed by atoms with van der Waals surface area (Å²) in [6.07, 6.45) is 1.70. The molecule has 0 unspecified atom stereocenters. The van der Waals surface area contributed by atoms with Crippen LogP contribution in [0.2, 0.25) is 0 Å². The second-order valence-electron chi connectivity index (χ2n) is 4.42. The maximum atomic E-state index is 5.30. The van der Waals surface area contributed by atoms with Gasteiger partial charge in [-0.15, -0.1) is 12.4 Å². The Balaban J connectivity index is 0.00000144. The van der Waals surface area contributed by atoms with Gasteiger partial charge in [-0.1, -0.05) is 30.3 Å². The number of benzene rings is 1. The maximum Gasteiger partial charge on any atom is 0.117 e. The zero-order valence-corrected chi connectivity index (χ0v) is 11.0. The minimum atomic E-state index is -0.0476. The van der Waals surface area contributed by atoms with Gasteiger partial charge in [0.1, 0.15) is 5.76 Å². The molecule has 0 aliphatic carbocycles. The fourth-order valence-electron chi connectivity index (χ4n) is 1.68. The summed E-state index contributed by atoms with van der Waals surface area (Å²) in [5.74, 6) is 0.962. The van der Waals surface area contributed by atoms with E-state index in [2.05, 4.69) is 43.4 Å². The van der Waals surface area contributed by atoms with Crippen molar-refractivity contribution in [2.45, 2.75) is 25.9 Å². The van der Waals surface area contributed by atoms with Crippen molar-refractivity contribution in [1.29, 1.82) is 0 Å². The highest BCUT2D eigenvalue weighted by molar-refractivity contribution is 5.85. The van der Waals surface area contributed by atoms with Crippen LogP contribution in [0.4, 0.5) is 0 Å². The number of hydrogen-bond donors (Lipinski definition) is 1. The summed E-state index contributed by atoms with van der Waals surface area (Å²) < 4.78 is 5.30. The van der Waals surface area contributed by atoms with E-state index in [-0.39, 0.29) is 17.9 Å². The number of hydrogen-bond acceptors (Lipinski definition) is 2. The first-order valence-corrected chi connectivity index (χ1v) is 5.51. The van der Waals surface area contributed by atoms with E-state index in [4.69, 9.17) is 4.42 Å². The Kier molecular flexibility index (Phi) is 4.79. The molecule has 0 radical (unpaired) electrons. The van der Waals surface area contributed by atoms with Crippen molar-refractivity contribution >= 4 is 12.4 Å². The number of rotatable bonds is 4. The molecular weight excluding hydrogens is 234 g/mol. The van der Waals surface area contributed by atoms with Crippen LogP contribution in [0.3, 0.4) is 0 Å². The lowest BCUT2D eigenvalue weighted by Gasteiger charge is -2.26. The maximum absolute atomic E-state index is 5.30. The van der Waals surface area contributed by atoms with Crippen molar-refractivity contribution in [3.05, 3.63) is 60.1 Å². The van der Waals surface area contributed by atoms with E-state index in [0.29, 0.717) is 0 Å². The lowest BCUT2D eigenvalue weighted by Crippen LogP contribution is -2.35. The largest absolute Gasteiger partial charge is 0.468 e. The van der Waals surface area contributed by atoms with Gasteiger partial charge in [-0.3, -0.25) is 0 Å². The van der Waals surface area contributed by atoms with Crippen LogP contribution in [-0.2, 0) is 12.1 Å². The van der Waals surface area contributed by atoms with Crippen molar-refractivity contribution in [3.8, 4) is 0 Å². The Labute approximate surface area is 108 Å². The zero-order valence-electron chi connectivity index (χ0n) is 10.1. The minimum absolute atomic E-state index is 0. The van der Waals surface area contributed by atoms with Gasteiger partial charge in [-0.05, 0) is 31.5 Å². The molecule has 0 aliphatic heterocycles. The molecule has 0 fully saturated rings. The Morgan fingerprint density at radius 3 is 2.35 bits per heavy atom. The third kappa shape index (κ3) is 3.62. The summed E-state index contributed by atoms with van der Waals surface area (Å²) in [6, 6.07) is 14.3. The molecule has 0 amide bonds. The second kappa shape index (κ2) is 5.89. The normalized spacial score (nSPS) is 10.9. The molecule has 0 saturated carbocycles. The predicted octanol–water partition coefficient (Wildman–Crippen LogP) is 3.73. The quantitative estimate of drug-likeness (QED) is 0.896. The summed E-state index contributed by atoms with van der Waals surface area (Å²) in [4.78, 5) is 0. The highest BCUT2D eigenvalue weighted by atomic mass is 35.5. The Morgan fingerprint density at radius 2 is 1.76 bits per heavy atom. The van der Waals surface area contributed by atoms with Crippen molar-refractivity contribution in [2.24, 2.45) is 0 Å². The highest BCUT2D eigenvalue weighted by Crippen LogP contribution is 2.20. The molecule has 0 spiro atoms. The van der Waals surface area contributed by atoms with E-state index in [1.807, 2.05) is 18.2 Å². The van der Waals surface area contributed by atoms with Crippen LogP contribution in [0, 0.1) is 0 Å². The first kappa shape index (κ1) is 13.8. The lowest BCUT2D eigenvalue weighted by molar-refractivity contribution is 0.371. The molecule has 1 heterocycles. The Hall–Kier alpha value is -1.25. The van der Waals surface area contributed by atoms with E-state index in [1.54, 1.807) is 6.26 Å². The smallest absolute Gasteiger partial charge is 0.117 e. The van der Waals surface area contributed by atoms with Gasteiger partial charge in [0.2, 0.25) is 0 Å². The molecule has 0 bridgehead atoms. The summed E-state index contributed by atoms with van der Waals surface area (Å²) in [5, 5.41) is 3.48. The van der Waals surface area contributed by atoms with Gasteiger partial charge in [0.15, 0.2) is 0 Å². The first-order valence-electron chi connectivity index (χ1n) is 5.51. The van der Waals surface area contributed by atoms with Crippen molar-refractivity contribution in [3.63, 3.8) is 0 Å². The monoisotopic (exact) mass is 251 g/mol. The fourth-order valence-corrected chi connectivity index (χ4v) is 1.68. The summed E-state index contributed by atoms with van der Waals surface area (Å²) in [6.45, 7) is 5.09. The summed E-state index contributed by atoms with van der Waals surface area (Å²) >= 11 is 0. The van der Waals surface area contributed by atoms with Gasteiger partial charge in [-0.2, -0.15) is 0 Å². The molecule has 2 aromatic rings. The van der Waals surface area contributed by atoms with Crippen LogP contribution in [0.15, 0.2) is 53.1 Å². The molecule has 1 aromatic carbocycles. The molecule has 2 nitrogen and oxygen atoms in total. The molecule has 3 heteroatoms. The predicted molar refractivity (Wildman–Crippen MR) is 72.3 cm³/mol. The summed E-state index contributed by atoms with van der Waals surface area (Å²) in [7, 11) is 0. The number of nitrogens with one attached hydrogen (secondary N) is 1. The van der Waals surface area contributed by atoms with Gasteiger partial charge < -0.3 is 9.73 Å². The SMILES string of the molecule is CC(C)(NCc1ccco1)c1ccccc1.Cl. The average molecular weight is 252 g/mol. The fraction of sp³-hybridized carbons (Fsp3) is 0.286. The minimum Gasteiger partial charge on any atom is -0.468 e. The highest BCUT2D eigenvalue weighted by Gasteiger charge is 2.19. The van der Waals surface area contributed by atoms with Crippen LogP contribution in [0.1, 0.15) is 25.2 Å². The topological polar surface area (TPSA) is 25.2 Å². The van der Waals surface area contributed by atoms with Crippen LogP contribution < -0.4 is 5.32 Å². The Bertz CT molecular complexity index is 423. The Morgan fingerprint density at radius 1 is 1.06 bits per heavy atom. The van der Waals surface area contributed by atoms with Crippen molar-refractivity contribution < 1.29 is 4.42 Å². The molecule has 17 heavy (non-hydrogen) atoms. The zero-order chi connectivity index (χ0) is 11.4. The second-order valence-corrected chi connectivity index (χ2v) is 4.42. The van der Waals surface area contributed by atoms with E-state index in [9.17, 15) is 0 Å². The molecule has 1 N–H and O–H groups in total. The van der Waals surface area contributed by atoms with E-state index >= 15 is 0 Å². The molecule has 0 saturated heterocycles. The van der Waals surface area contributed by atoms with Crippen LogP contribution >= 0.6 is 12.4 Å². The molecule has 92 valence electrons. The van der Waals surface area contributed by atoms with Crippen molar-refractivity contribution in [2.75, 3.05) is 0 Å². The third-order valence-electron chi connectivity index (χ3n) is 2.78. The van der Waals surface area contributed by atoms with Gasteiger partial charge in [0, 0.05) is 5.54 Å². The standard InChI is InChI=1S/C14H17NO.ClH/c1-14(2,12-7-4-3-5-8-12)15-11-13-9-6-10-16-13;/h3-10,15H,11H2,1-2H3;1H. The molecule has 0 atom stereocenters. The van der Waals surface area contributed by atoms with Gasteiger partial charge in [0.05, 0.1) is 12.8 Å². The average Bonchev–Trinajstić information content (AvgIpc) is 2.81. The van der Waals surface area contributed by atoms with Crippen LogP contribution in [0.5, 0.6) is 0 Å². The molecule has 1 aromatic heterocycles. The lowest BCUT2D eigenvalue weighted by atomic mass is 9.94. The van der Waals surface area contributed by atoms with Crippen molar-refractivity contribution in [1.82, 2.24) is 5.32 Å². The third-order valence-corrected chi connectivity index (χ3v) is 2.78. The van der Waals surface area contributed by atoms with E-state index in [0.717, 1.165) is 12.3 Å². The molecule has 2 rings (SSSR count). The molecule has 0 aliphatic rings. The van der Waals surface area contributed by atoms with Gasteiger partial charge in [-0.25, -0.2) is 0 Å². The van der Waals surface area contributed by atoms with E-state index < -0.39 is 0 Å². The number of furan rings is 1. The summed E-state index contributed by atoms with van der Waals surface area (Å²) in [5.41, 5.74) is 1.23. The van der Waals surface area contributed by atoms with Gasteiger partial charge >= 0.3 is 0 Å². The van der Waals surface area contributed by atoms with Crippen LogP contribution in [-0.4, -0.2) is 0 Å².